The zero-order valence-corrected chi connectivity index (χ0v) is 11.2. The average molecular weight is 237 g/mol. The van der Waals surface area contributed by atoms with Crippen molar-refractivity contribution in [3.8, 4) is 0 Å². The Kier molecular flexibility index (Phi) is 5.22. The van der Waals surface area contributed by atoms with Crippen LogP contribution in [0.4, 0.5) is 0 Å². The van der Waals surface area contributed by atoms with Crippen LogP contribution in [0, 0.1) is 5.92 Å². The van der Waals surface area contributed by atoms with E-state index in [0.29, 0.717) is 12.5 Å². The molecule has 0 fully saturated rings. The van der Waals surface area contributed by atoms with Crippen molar-refractivity contribution < 1.29 is 4.79 Å². The Labute approximate surface area is 103 Å². The molecule has 0 aliphatic rings. The molecular weight excluding hydrogens is 214 g/mol. The van der Waals surface area contributed by atoms with Crippen LogP contribution < -0.4 is 5.32 Å². The Morgan fingerprint density at radius 2 is 2.18 bits per heavy atom. The van der Waals surface area contributed by atoms with Crippen LogP contribution >= 0.6 is 0 Å². The highest BCUT2D eigenvalue weighted by atomic mass is 16.2. The van der Waals surface area contributed by atoms with E-state index in [1.54, 1.807) is 19.0 Å². The van der Waals surface area contributed by atoms with Crippen LogP contribution in [0.25, 0.3) is 0 Å². The number of H-pyrrole nitrogens is 1. The summed E-state index contributed by atoms with van der Waals surface area (Å²) in [6.45, 7) is 4.96. The fraction of sp³-hybridized carbons (Fsp3) is 0.615. The number of aromatic nitrogens is 1. The predicted octanol–water partition coefficient (Wildman–Crippen LogP) is 1.61. The number of hydrogen-bond donors (Lipinski definition) is 2. The maximum absolute atomic E-state index is 12.0. The molecule has 1 atom stereocenters. The van der Waals surface area contributed by atoms with Crippen LogP contribution in [0.5, 0.6) is 0 Å². The van der Waals surface area contributed by atoms with E-state index in [0.717, 1.165) is 12.1 Å². The van der Waals surface area contributed by atoms with Crippen molar-refractivity contribution in [3.63, 3.8) is 0 Å². The quantitative estimate of drug-likeness (QED) is 0.789. The van der Waals surface area contributed by atoms with Crippen molar-refractivity contribution in [2.45, 2.75) is 32.9 Å². The minimum atomic E-state index is -0.103. The SMILES string of the molecule is CC(C)CC(NCc1ccc[nH]1)C(=O)N(C)C. The zero-order chi connectivity index (χ0) is 12.8. The summed E-state index contributed by atoms with van der Waals surface area (Å²) < 4.78 is 0. The number of rotatable bonds is 6. The van der Waals surface area contributed by atoms with E-state index >= 15 is 0 Å². The highest BCUT2D eigenvalue weighted by Gasteiger charge is 2.20. The molecule has 0 saturated carbocycles. The smallest absolute Gasteiger partial charge is 0.239 e. The lowest BCUT2D eigenvalue weighted by Gasteiger charge is -2.23. The van der Waals surface area contributed by atoms with Gasteiger partial charge in [0.05, 0.1) is 6.04 Å². The van der Waals surface area contributed by atoms with E-state index in [9.17, 15) is 4.79 Å². The van der Waals surface area contributed by atoms with Gasteiger partial charge in [-0.1, -0.05) is 13.8 Å². The minimum Gasteiger partial charge on any atom is -0.364 e. The Morgan fingerprint density at radius 3 is 2.65 bits per heavy atom. The maximum atomic E-state index is 12.0. The van der Waals surface area contributed by atoms with Crippen molar-refractivity contribution in [3.05, 3.63) is 24.0 Å². The first-order valence-corrected chi connectivity index (χ1v) is 6.07. The number of amides is 1. The number of carbonyl (C=O) groups is 1. The zero-order valence-electron chi connectivity index (χ0n) is 11.2. The Morgan fingerprint density at radius 1 is 1.47 bits per heavy atom. The van der Waals surface area contributed by atoms with Gasteiger partial charge in [0, 0.05) is 32.5 Å². The molecule has 4 heteroatoms. The Balaban J connectivity index is 2.54. The fourth-order valence-corrected chi connectivity index (χ4v) is 1.77. The molecule has 0 radical (unpaired) electrons. The van der Waals surface area contributed by atoms with E-state index in [1.165, 1.54) is 0 Å². The average Bonchev–Trinajstić information content (AvgIpc) is 2.75. The third-order valence-electron chi connectivity index (χ3n) is 2.65. The van der Waals surface area contributed by atoms with Crippen molar-refractivity contribution in [1.29, 1.82) is 0 Å². The molecular formula is C13H23N3O. The molecule has 1 amide bonds. The summed E-state index contributed by atoms with van der Waals surface area (Å²) in [6.07, 6.45) is 2.75. The van der Waals surface area contributed by atoms with Crippen molar-refractivity contribution in [2.24, 2.45) is 5.92 Å². The van der Waals surface area contributed by atoms with Crippen LogP contribution in [-0.2, 0) is 11.3 Å². The second kappa shape index (κ2) is 6.45. The first-order valence-electron chi connectivity index (χ1n) is 6.07. The second-order valence-corrected chi connectivity index (χ2v) is 4.99. The Hall–Kier alpha value is -1.29. The molecule has 1 heterocycles. The number of carbonyl (C=O) groups excluding carboxylic acids is 1. The first kappa shape index (κ1) is 13.8. The van der Waals surface area contributed by atoms with Gasteiger partial charge >= 0.3 is 0 Å². The lowest BCUT2D eigenvalue weighted by molar-refractivity contribution is -0.131. The van der Waals surface area contributed by atoms with Crippen LogP contribution in [0.15, 0.2) is 18.3 Å². The second-order valence-electron chi connectivity index (χ2n) is 4.99. The third kappa shape index (κ3) is 4.61. The molecule has 2 N–H and O–H groups in total. The van der Waals surface area contributed by atoms with E-state index < -0.39 is 0 Å². The highest BCUT2D eigenvalue weighted by Crippen LogP contribution is 2.07. The van der Waals surface area contributed by atoms with Gasteiger partial charge in [0.1, 0.15) is 0 Å². The third-order valence-corrected chi connectivity index (χ3v) is 2.65. The van der Waals surface area contributed by atoms with Gasteiger partial charge in [-0.3, -0.25) is 4.79 Å². The number of likely N-dealkylation sites (N-methyl/N-ethyl adjacent to an activating group) is 1. The topological polar surface area (TPSA) is 48.1 Å². The maximum Gasteiger partial charge on any atom is 0.239 e. The Bertz CT molecular complexity index is 330. The van der Waals surface area contributed by atoms with Crippen LogP contribution in [-0.4, -0.2) is 35.9 Å². The summed E-state index contributed by atoms with van der Waals surface area (Å²) in [5.74, 6) is 0.644. The minimum absolute atomic E-state index is 0.103. The molecule has 1 aromatic rings. The summed E-state index contributed by atoms with van der Waals surface area (Å²) in [6, 6.07) is 3.87. The monoisotopic (exact) mass is 237 g/mol. The molecule has 96 valence electrons. The van der Waals surface area contributed by atoms with Crippen LogP contribution in [0.3, 0.4) is 0 Å². The summed E-state index contributed by atoms with van der Waals surface area (Å²) in [5.41, 5.74) is 1.10. The molecule has 0 aliphatic heterocycles. The van der Waals surface area contributed by atoms with Gasteiger partial charge in [0.25, 0.3) is 0 Å². The lowest BCUT2D eigenvalue weighted by Crippen LogP contribution is -2.44. The molecule has 17 heavy (non-hydrogen) atoms. The van der Waals surface area contributed by atoms with Gasteiger partial charge in [0.2, 0.25) is 5.91 Å². The van der Waals surface area contributed by atoms with Gasteiger partial charge in [0.15, 0.2) is 0 Å². The van der Waals surface area contributed by atoms with Gasteiger partial charge in [-0.05, 0) is 24.5 Å². The van der Waals surface area contributed by atoms with E-state index in [2.05, 4.69) is 24.1 Å². The number of nitrogens with one attached hydrogen (secondary N) is 2. The molecule has 1 aromatic heterocycles. The number of nitrogens with zero attached hydrogens (tertiary/aromatic N) is 1. The molecule has 4 nitrogen and oxygen atoms in total. The largest absolute Gasteiger partial charge is 0.364 e. The molecule has 0 aliphatic carbocycles. The molecule has 0 bridgehead atoms. The summed E-state index contributed by atoms with van der Waals surface area (Å²) >= 11 is 0. The molecule has 0 saturated heterocycles. The molecule has 0 spiro atoms. The lowest BCUT2D eigenvalue weighted by atomic mass is 10.0. The van der Waals surface area contributed by atoms with Crippen molar-refractivity contribution in [2.75, 3.05) is 14.1 Å². The fourth-order valence-electron chi connectivity index (χ4n) is 1.77. The van der Waals surface area contributed by atoms with Crippen LogP contribution in [0.1, 0.15) is 26.0 Å². The van der Waals surface area contributed by atoms with E-state index in [-0.39, 0.29) is 11.9 Å². The molecule has 1 rings (SSSR count). The molecule has 0 aromatic carbocycles. The summed E-state index contributed by atoms with van der Waals surface area (Å²) in [5, 5.41) is 3.31. The molecule has 1 unspecified atom stereocenters. The van der Waals surface area contributed by atoms with Gasteiger partial charge in [-0.25, -0.2) is 0 Å². The van der Waals surface area contributed by atoms with Crippen LogP contribution in [0.2, 0.25) is 0 Å². The van der Waals surface area contributed by atoms with Gasteiger partial charge in [-0.2, -0.15) is 0 Å². The predicted molar refractivity (Wildman–Crippen MR) is 69.6 cm³/mol. The van der Waals surface area contributed by atoms with Crippen molar-refractivity contribution in [1.82, 2.24) is 15.2 Å². The highest BCUT2D eigenvalue weighted by molar-refractivity contribution is 5.81. The standard InChI is InChI=1S/C13H23N3O/c1-10(2)8-12(13(17)16(3)4)15-9-11-6-5-7-14-11/h5-7,10,12,14-15H,8-9H2,1-4H3. The van der Waals surface area contributed by atoms with Crippen molar-refractivity contribution >= 4 is 5.91 Å². The van der Waals surface area contributed by atoms with Gasteiger partial charge in [-0.15, -0.1) is 0 Å². The normalized spacial score (nSPS) is 12.8. The number of hydrogen-bond acceptors (Lipinski definition) is 2. The summed E-state index contributed by atoms with van der Waals surface area (Å²) in [4.78, 5) is 16.8. The van der Waals surface area contributed by atoms with E-state index in [4.69, 9.17) is 0 Å². The first-order chi connectivity index (χ1) is 8.00. The number of aromatic amines is 1. The summed E-state index contributed by atoms with van der Waals surface area (Å²) in [7, 11) is 3.60. The van der Waals surface area contributed by atoms with E-state index in [1.807, 2.05) is 18.3 Å². The van der Waals surface area contributed by atoms with Gasteiger partial charge < -0.3 is 15.2 Å².